The quantitative estimate of drug-likeness (QED) is 0.443. The molecule has 0 saturated heterocycles. The third-order valence-electron chi connectivity index (χ3n) is 3.42. The van der Waals surface area contributed by atoms with E-state index in [0.717, 1.165) is 5.56 Å². The summed E-state index contributed by atoms with van der Waals surface area (Å²) in [6, 6.07) is 11.7. The first kappa shape index (κ1) is 19.7. The van der Waals surface area contributed by atoms with Crippen LogP contribution in [-0.4, -0.2) is 17.5 Å². The van der Waals surface area contributed by atoms with Crippen LogP contribution in [-0.2, 0) is 4.79 Å². The van der Waals surface area contributed by atoms with Crippen LogP contribution >= 0.6 is 23.2 Å². The molecule has 2 N–H and O–H groups in total. The number of nitrogens with one attached hydrogen (secondary N) is 2. The first-order valence-electron chi connectivity index (χ1n) is 7.65. The SMILES string of the molecule is C=C(C)C(=O)Nc1cccc(/C(C)=N\NC(=O)c2cc(Cl)ccc2Cl)c1. The number of nitrogens with zero attached hydrogens (tertiary/aromatic N) is 1. The number of hydrogen-bond acceptors (Lipinski definition) is 3. The molecule has 2 rings (SSSR count). The fraction of sp³-hybridized carbons (Fsp3) is 0.105. The first-order chi connectivity index (χ1) is 12.3. The van der Waals surface area contributed by atoms with E-state index in [0.29, 0.717) is 22.0 Å². The second kappa shape index (κ2) is 8.65. The van der Waals surface area contributed by atoms with Gasteiger partial charge in [-0.1, -0.05) is 41.9 Å². The van der Waals surface area contributed by atoms with Gasteiger partial charge in [-0.2, -0.15) is 5.10 Å². The lowest BCUT2D eigenvalue weighted by Crippen LogP contribution is -2.20. The Kier molecular flexibility index (Phi) is 6.55. The smallest absolute Gasteiger partial charge is 0.272 e. The number of hydrogen-bond donors (Lipinski definition) is 2. The molecule has 0 aliphatic rings. The Hall–Kier alpha value is -2.63. The van der Waals surface area contributed by atoms with Gasteiger partial charge in [-0.3, -0.25) is 9.59 Å². The van der Waals surface area contributed by atoms with Crippen molar-refractivity contribution in [2.24, 2.45) is 5.10 Å². The van der Waals surface area contributed by atoms with Crippen LogP contribution in [0.5, 0.6) is 0 Å². The third-order valence-corrected chi connectivity index (χ3v) is 3.99. The fourth-order valence-electron chi connectivity index (χ4n) is 1.99. The molecule has 0 atom stereocenters. The van der Waals surface area contributed by atoms with Crippen molar-refractivity contribution >= 4 is 46.4 Å². The topological polar surface area (TPSA) is 70.6 Å². The van der Waals surface area contributed by atoms with Gasteiger partial charge in [-0.05, 0) is 49.7 Å². The molecule has 7 heteroatoms. The van der Waals surface area contributed by atoms with Crippen LogP contribution in [0.4, 0.5) is 5.69 Å². The van der Waals surface area contributed by atoms with Gasteiger partial charge in [-0.25, -0.2) is 5.43 Å². The lowest BCUT2D eigenvalue weighted by Gasteiger charge is -2.08. The maximum Gasteiger partial charge on any atom is 0.272 e. The van der Waals surface area contributed by atoms with Gasteiger partial charge in [0.1, 0.15) is 0 Å². The summed E-state index contributed by atoms with van der Waals surface area (Å²) < 4.78 is 0. The summed E-state index contributed by atoms with van der Waals surface area (Å²) in [4.78, 5) is 23.9. The van der Waals surface area contributed by atoms with Crippen molar-refractivity contribution in [3.63, 3.8) is 0 Å². The van der Waals surface area contributed by atoms with Crippen LogP contribution in [0.2, 0.25) is 10.0 Å². The molecular weight excluding hydrogens is 373 g/mol. The molecule has 2 aromatic carbocycles. The van der Waals surface area contributed by atoms with Crippen LogP contribution < -0.4 is 10.7 Å². The predicted octanol–water partition coefficient (Wildman–Crippen LogP) is 4.66. The normalized spacial score (nSPS) is 11.0. The van der Waals surface area contributed by atoms with Crippen molar-refractivity contribution in [2.75, 3.05) is 5.32 Å². The number of anilines is 1. The lowest BCUT2D eigenvalue weighted by atomic mass is 10.1. The van der Waals surface area contributed by atoms with Gasteiger partial charge in [0, 0.05) is 16.3 Å². The number of hydrazone groups is 1. The molecular formula is C19H17Cl2N3O2. The number of halogens is 2. The molecule has 0 aromatic heterocycles. The second-order valence-electron chi connectivity index (χ2n) is 5.58. The molecule has 2 aromatic rings. The molecule has 0 saturated carbocycles. The highest BCUT2D eigenvalue weighted by Gasteiger charge is 2.11. The van der Waals surface area contributed by atoms with Crippen LogP contribution in [0.25, 0.3) is 0 Å². The van der Waals surface area contributed by atoms with Crippen molar-refractivity contribution in [3.8, 4) is 0 Å². The molecule has 2 amide bonds. The highest BCUT2D eigenvalue weighted by molar-refractivity contribution is 6.35. The van der Waals surface area contributed by atoms with Gasteiger partial charge in [0.15, 0.2) is 0 Å². The average Bonchev–Trinajstić information content (AvgIpc) is 2.61. The molecule has 0 fully saturated rings. The zero-order valence-electron chi connectivity index (χ0n) is 14.3. The van der Waals surface area contributed by atoms with Crippen molar-refractivity contribution in [1.82, 2.24) is 5.43 Å². The maximum absolute atomic E-state index is 12.2. The maximum atomic E-state index is 12.2. The number of amides is 2. The zero-order valence-corrected chi connectivity index (χ0v) is 15.8. The minimum Gasteiger partial charge on any atom is -0.322 e. The van der Waals surface area contributed by atoms with E-state index >= 15 is 0 Å². The van der Waals surface area contributed by atoms with Crippen LogP contribution in [0.15, 0.2) is 59.7 Å². The number of carbonyl (C=O) groups is 2. The Morgan fingerprint density at radius 2 is 1.81 bits per heavy atom. The molecule has 0 radical (unpaired) electrons. The van der Waals surface area contributed by atoms with E-state index in [1.165, 1.54) is 6.07 Å². The Labute approximate surface area is 161 Å². The van der Waals surface area contributed by atoms with Crippen LogP contribution in [0, 0.1) is 0 Å². The van der Waals surface area contributed by atoms with Gasteiger partial charge in [0.2, 0.25) is 0 Å². The van der Waals surface area contributed by atoms with E-state index in [1.807, 2.05) is 6.07 Å². The molecule has 0 aliphatic heterocycles. The Balaban J connectivity index is 2.14. The zero-order chi connectivity index (χ0) is 19.3. The van der Waals surface area contributed by atoms with E-state index in [9.17, 15) is 9.59 Å². The highest BCUT2D eigenvalue weighted by Crippen LogP contribution is 2.20. The molecule has 26 heavy (non-hydrogen) atoms. The summed E-state index contributed by atoms with van der Waals surface area (Å²) in [6.07, 6.45) is 0. The minimum absolute atomic E-state index is 0.234. The van der Waals surface area contributed by atoms with Gasteiger partial charge in [0.25, 0.3) is 11.8 Å². The molecule has 5 nitrogen and oxygen atoms in total. The third kappa shape index (κ3) is 5.18. The molecule has 0 unspecified atom stereocenters. The van der Waals surface area contributed by atoms with Gasteiger partial charge >= 0.3 is 0 Å². The molecule has 0 aliphatic carbocycles. The molecule has 134 valence electrons. The summed E-state index contributed by atoms with van der Waals surface area (Å²) in [5.41, 5.74) is 4.99. The van der Waals surface area contributed by atoms with E-state index in [4.69, 9.17) is 23.2 Å². The Morgan fingerprint density at radius 3 is 2.50 bits per heavy atom. The van der Waals surface area contributed by atoms with Crippen molar-refractivity contribution in [1.29, 1.82) is 0 Å². The standard InChI is InChI=1S/C19H17Cl2N3O2/c1-11(2)18(25)22-15-6-4-5-13(9-15)12(3)23-24-19(26)16-10-14(20)7-8-17(16)21/h4-10H,1H2,2-3H3,(H,22,25)(H,24,26)/b23-12-. The highest BCUT2D eigenvalue weighted by atomic mass is 35.5. The van der Waals surface area contributed by atoms with E-state index < -0.39 is 5.91 Å². The van der Waals surface area contributed by atoms with Crippen LogP contribution in [0.1, 0.15) is 29.8 Å². The number of benzene rings is 2. The van der Waals surface area contributed by atoms with Gasteiger partial charge in [0.05, 0.1) is 16.3 Å². The second-order valence-corrected chi connectivity index (χ2v) is 6.42. The summed E-state index contributed by atoms with van der Waals surface area (Å²) >= 11 is 11.9. The van der Waals surface area contributed by atoms with E-state index in [1.54, 1.807) is 44.2 Å². The summed E-state index contributed by atoms with van der Waals surface area (Å²) in [5.74, 6) is -0.732. The molecule has 0 bridgehead atoms. The predicted molar refractivity (Wildman–Crippen MR) is 106 cm³/mol. The Morgan fingerprint density at radius 1 is 1.08 bits per heavy atom. The largest absolute Gasteiger partial charge is 0.322 e. The number of rotatable bonds is 5. The summed E-state index contributed by atoms with van der Waals surface area (Å²) in [6.45, 7) is 6.96. The van der Waals surface area contributed by atoms with Gasteiger partial charge < -0.3 is 5.32 Å². The lowest BCUT2D eigenvalue weighted by molar-refractivity contribution is -0.112. The Bertz CT molecular complexity index is 907. The van der Waals surface area contributed by atoms with Gasteiger partial charge in [-0.15, -0.1) is 0 Å². The van der Waals surface area contributed by atoms with E-state index in [-0.39, 0.29) is 16.5 Å². The summed E-state index contributed by atoms with van der Waals surface area (Å²) in [5, 5.41) is 7.50. The van der Waals surface area contributed by atoms with Crippen molar-refractivity contribution < 1.29 is 9.59 Å². The van der Waals surface area contributed by atoms with E-state index in [2.05, 4.69) is 22.4 Å². The molecule has 0 spiro atoms. The summed E-state index contributed by atoms with van der Waals surface area (Å²) in [7, 11) is 0. The van der Waals surface area contributed by atoms with Crippen molar-refractivity contribution in [3.05, 3.63) is 75.8 Å². The first-order valence-corrected chi connectivity index (χ1v) is 8.40. The fourth-order valence-corrected chi connectivity index (χ4v) is 2.37. The van der Waals surface area contributed by atoms with Crippen molar-refractivity contribution in [2.45, 2.75) is 13.8 Å². The number of carbonyl (C=O) groups excluding carboxylic acids is 2. The monoisotopic (exact) mass is 389 g/mol. The van der Waals surface area contributed by atoms with Crippen LogP contribution in [0.3, 0.4) is 0 Å². The molecule has 0 heterocycles. The average molecular weight is 390 g/mol. The minimum atomic E-state index is -0.469.